The fourth-order valence-electron chi connectivity index (χ4n) is 2.56. The summed E-state index contributed by atoms with van der Waals surface area (Å²) in [4.78, 5) is 27.6. The van der Waals surface area contributed by atoms with Gasteiger partial charge in [0, 0.05) is 25.2 Å². The topological polar surface area (TPSA) is 70.1 Å². The predicted octanol–water partition coefficient (Wildman–Crippen LogP) is 1.88. The molecule has 2 amide bonds. The summed E-state index contributed by atoms with van der Waals surface area (Å²) < 4.78 is 18.6. The number of rotatable bonds is 2. The molecule has 0 aliphatic carbocycles. The summed E-state index contributed by atoms with van der Waals surface area (Å²) in [5, 5.41) is 9.60. The highest BCUT2D eigenvalue weighted by Gasteiger charge is 2.34. The average molecular weight is 338 g/mol. The van der Waals surface area contributed by atoms with Gasteiger partial charge < -0.3 is 19.6 Å². The van der Waals surface area contributed by atoms with Crippen LogP contribution in [0.1, 0.15) is 31.1 Å². The van der Waals surface area contributed by atoms with Gasteiger partial charge in [-0.25, -0.2) is 9.18 Å². The molecule has 2 rings (SSSR count). The zero-order valence-corrected chi connectivity index (χ0v) is 14.2. The lowest BCUT2D eigenvalue weighted by atomic mass is 10.1. The van der Waals surface area contributed by atoms with Crippen molar-refractivity contribution in [3.8, 4) is 0 Å². The highest BCUT2D eigenvalue weighted by molar-refractivity contribution is 5.94. The molecule has 0 radical (unpaired) electrons. The van der Waals surface area contributed by atoms with Gasteiger partial charge >= 0.3 is 6.09 Å². The molecule has 1 aliphatic rings. The lowest BCUT2D eigenvalue weighted by Crippen LogP contribution is -2.58. The van der Waals surface area contributed by atoms with Crippen LogP contribution in [0.25, 0.3) is 0 Å². The summed E-state index contributed by atoms with van der Waals surface area (Å²) >= 11 is 0. The minimum absolute atomic E-state index is 0.173. The van der Waals surface area contributed by atoms with Crippen LogP contribution in [0.15, 0.2) is 24.3 Å². The van der Waals surface area contributed by atoms with E-state index in [1.807, 2.05) is 0 Å². The minimum atomic E-state index is -0.611. The average Bonchev–Trinajstić information content (AvgIpc) is 2.52. The third-order valence-corrected chi connectivity index (χ3v) is 3.68. The van der Waals surface area contributed by atoms with Crippen molar-refractivity contribution in [1.29, 1.82) is 0 Å². The van der Waals surface area contributed by atoms with Crippen molar-refractivity contribution in [2.75, 3.05) is 26.2 Å². The summed E-state index contributed by atoms with van der Waals surface area (Å²) in [7, 11) is 0. The summed E-state index contributed by atoms with van der Waals surface area (Å²) in [5.41, 5.74) is -0.389. The Morgan fingerprint density at radius 3 is 2.62 bits per heavy atom. The fraction of sp³-hybridized carbons (Fsp3) is 0.529. The molecular weight excluding hydrogens is 315 g/mol. The van der Waals surface area contributed by atoms with Crippen LogP contribution >= 0.6 is 0 Å². The van der Waals surface area contributed by atoms with E-state index in [0.29, 0.717) is 6.54 Å². The first kappa shape index (κ1) is 18.2. The van der Waals surface area contributed by atoms with Crippen LogP contribution in [0.2, 0.25) is 0 Å². The van der Waals surface area contributed by atoms with Crippen molar-refractivity contribution in [2.24, 2.45) is 0 Å². The molecule has 24 heavy (non-hydrogen) atoms. The van der Waals surface area contributed by atoms with Gasteiger partial charge in [-0.2, -0.15) is 0 Å². The number of amides is 2. The first-order valence-corrected chi connectivity index (χ1v) is 7.86. The molecule has 1 aromatic carbocycles. The van der Waals surface area contributed by atoms with E-state index in [1.165, 1.54) is 28.0 Å². The molecule has 0 bridgehead atoms. The van der Waals surface area contributed by atoms with Crippen molar-refractivity contribution >= 4 is 12.0 Å². The van der Waals surface area contributed by atoms with Gasteiger partial charge in [-0.3, -0.25) is 4.79 Å². The third kappa shape index (κ3) is 4.44. The van der Waals surface area contributed by atoms with Crippen LogP contribution in [0, 0.1) is 5.82 Å². The smallest absolute Gasteiger partial charge is 0.410 e. The molecule has 132 valence electrons. The number of hydrogen-bond donors (Lipinski definition) is 1. The Morgan fingerprint density at radius 2 is 2.04 bits per heavy atom. The fourth-order valence-corrected chi connectivity index (χ4v) is 2.56. The Hall–Kier alpha value is -2.15. The quantitative estimate of drug-likeness (QED) is 0.894. The molecule has 1 atom stereocenters. The van der Waals surface area contributed by atoms with Crippen LogP contribution in [0.3, 0.4) is 0 Å². The Kier molecular flexibility index (Phi) is 5.43. The van der Waals surface area contributed by atoms with Gasteiger partial charge in [0.05, 0.1) is 12.6 Å². The van der Waals surface area contributed by atoms with E-state index in [0.717, 1.165) is 6.07 Å². The second kappa shape index (κ2) is 7.17. The standard InChI is InChI=1S/C17H23FN2O4/c1-17(2,3)24-16(23)19-7-8-20(14(10-19)11-21)15(22)12-5-4-6-13(18)9-12/h4-6,9,14,21H,7-8,10-11H2,1-3H3. The van der Waals surface area contributed by atoms with Crippen molar-refractivity contribution in [1.82, 2.24) is 9.80 Å². The molecule has 1 unspecified atom stereocenters. The number of piperazine rings is 1. The Balaban J connectivity index is 2.07. The number of aliphatic hydroxyl groups excluding tert-OH is 1. The molecule has 1 aliphatic heterocycles. The highest BCUT2D eigenvalue weighted by Crippen LogP contribution is 2.17. The monoisotopic (exact) mass is 338 g/mol. The van der Waals surface area contributed by atoms with Gasteiger partial charge in [0.25, 0.3) is 5.91 Å². The first-order chi connectivity index (χ1) is 11.2. The van der Waals surface area contributed by atoms with Crippen molar-refractivity contribution in [3.63, 3.8) is 0 Å². The normalized spacial score (nSPS) is 18.5. The first-order valence-electron chi connectivity index (χ1n) is 7.86. The lowest BCUT2D eigenvalue weighted by molar-refractivity contribution is -0.00243. The van der Waals surface area contributed by atoms with Gasteiger partial charge in [0.2, 0.25) is 0 Å². The molecule has 0 saturated carbocycles. The highest BCUT2D eigenvalue weighted by atomic mass is 19.1. The predicted molar refractivity (Wildman–Crippen MR) is 86.1 cm³/mol. The Morgan fingerprint density at radius 1 is 1.33 bits per heavy atom. The summed E-state index contributed by atoms with van der Waals surface area (Å²) in [6, 6.07) is 4.87. The number of halogens is 1. The van der Waals surface area contributed by atoms with Crippen LogP contribution in [-0.4, -0.2) is 64.8 Å². The van der Waals surface area contributed by atoms with E-state index in [-0.39, 0.29) is 31.2 Å². The second-order valence-corrected chi connectivity index (χ2v) is 6.77. The van der Waals surface area contributed by atoms with Crippen LogP contribution < -0.4 is 0 Å². The molecule has 1 N–H and O–H groups in total. The minimum Gasteiger partial charge on any atom is -0.444 e. The van der Waals surface area contributed by atoms with Crippen molar-refractivity contribution in [3.05, 3.63) is 35.6 Å². The molecule has 7 heteroatoms. The van der Waals surface area contributed by atoms with Gasteiger partial charge in [0.1, 0.15) is 11.4 Å². The van der Waals surface area contributed by atoms with Gasteiger partial charge in [0.15, 0.2) is 0 Å². The Labute approximate surface area is 140 Å². The second-order valence-electron chi connectivity index (χ2n) is 6.77. The molecule has 1 saturated heterocycles. The number of ether oxygens (including phenoxy) is 1. The largest absolute Gasteiger partial charge is 0.444 e. The lowest BCUT2D eigenvalue weighted by Gasteiger charge is -2.40. The molecule has 1 heterocycles. The third-order valence-electron chi connectivity index (χ3n) is 3.68. The number of hydrogen-bond acceptors (Lipinski definition) is 4. The molecule has 1 fully saturated rings. The summed E-state index contributed by atoms with van der Waals surface area (Å²) in [5.74, 6) is -0.855. The zero-order valence-electron chi connectivity index (χ0n) is 14.2. The Bertz CT molecular complexity index is 615. The molecule has 1 aromatic rings. The zero-order chi connectivity index (χ0) is 17.9. The van der Waals surface area contributed by atoms with E-state index in [1.54, 1.807) is 20.8 Å². The summed E-state index contributed by atoms with van der Waals surface area (Å²) in [6.07, 6.45) is -0.473. The number of carbonyl (C=O) groups excluding carboxylic acids is 2. The van der Waals surface area contributed by atoms with E-state index in [9.17, 15) is 19.1 Å². The summed E-state index contributed by atoms with van der Waals surface area (Å²) in [6.45, 7) is 5.76. The van der Waals surface area contributed by atoms with Gasteiger partial charge in [-0.05, 0) is 39.0 Å². The van der Waals surface area contributed by atoms with Crippen LogP contribution in [0.4, 0.5) is 9.18 Å². The molecule has 0 aromatic heterocycles. The number of benzene rings is 1. The number of aliphatic hydroxyl groups is 1. The molecule has 0 spiro atoms. The van der Waals surface area contributed by atoms with E-state index in [2.05, 4.69) is 0 Å². The maximum atomic E-state index is 13.3. The number of nitrogens with zero attached hydrogens (tertiary/aromatic N) is 2. The van der Waals surface area contributed by atoms with Crippen molar-refractivity contribution in [2.45, 2.75) is 32.4 Å². The van der Waals surface area contributed by atoms with Crippen LogP contribution in [-0.2, 0) is 4.74 Å². The van der Waals surface area contributed by atoms with E-state index < -0.39 is 23.6 Å². The van der Waals surface area contributed by atoms with E-state index >= 15 is 0 Å². The van der Waals surface area contributed by atoms with Gasteiger partial charge in [-0.15, -0.1) is 0 Å². The maximum Gasteiger partial charge on any atom is 0.410 e. The maximum absolute atomic E-state index is 13.3. The van der Waals surface area contributed by atoms with E-state index in [4.69, 9.17) is 4.74 Å². The molecule has 6 nitrogen and oxygen atoms in total. The SMILES string of the molecule is CC(C)(C)OC(=O)N1CCN(C(=O)c2cccc(F)c2)C(CO)C1. The number of carbonyl (C=O) groups is 2. The van der Waals surface area contributed by atoms with Crippen molar-refractivity contribution < 1.29 is 23.8 Å². The van der Waals surface area contributed by atoms with Crippen LogP contribution in [0.5, 0.6) is 0 Å². The molecular formula is C17H23FN2O4. The van der Waals surface area contributed by atoms with Gasteiger partial charge in [-0.1, -0.05) is 6.07 Å².